The third-order valence-electron chi connectivity index (χ3n) is 3.95. The Balaban J connectivity index is 1.71. The minimum atomic E-state index is -3.02. The number of carbonyl (C=O) groups excluding carboxylic acids is 1. The molecule has 0 aromatic carbocycles. The van der Waals surface area contributed by atoms with Crippen molar-refractivity contribution in [2.75, 3.05) is 17.3 Å². The highest BCUT2D eigenvalue weighted by atomic mass is 32.2. The van der Waals surface area contributed by atoms with Gasteiger partial charge in [0.25, 0.3) is 5.56 Å². The molecule has 3 rings (SSSR count). The average Bonchev–Trinajstić information content (AvgIpc) is 2.81. The first-order chi connectivity index (χ1) is 10.4. The minimum absolute atomic E-state index is 0.00972. The lowest BCUT2D eigenvalue weighted by molar-refractivity contribution is -0.125. The summed E-state index contributed by atoms with van der Waals surface area (Å²) in [7, 11) is -3.02. The summed E-state index contributed by atoms with van der Waals surface area (Å²) in [4.78, 5) is 28.6. The summed E-state index contributed by atoms with van der Waals surface area (Å²) in [6, 6.07) is -0.309. The summed E-state index contributed by atoms with van der Waals surface area (Å²) in [6.07, 6.45) is 2.01. The predicted octanol–water partition coefficient (Wildman–Crippen LogP) is -0.423. The van der Waals surface area contributed by atoms with Crippen molar-refractivity contribution in [3.8, 4) is 0 Å². The maximum atomic E-state index is 12.3. The van der Waals surface area contributed by atoms with E-state index < -0.39 is 9.84 Å². The molecule has 2 aliphatic heterocycles. The molecular weight excluding hydrogens is 326 g/mol. The van der Waals surface area contributed by atoms with E-state index in [1.807, 2.05) is 0 Å². The summed E-state index contributed by atoms with van der Waals surface area (Å²) in [6.45, 7) is 1.99. The van der Waals surface area contributed by atoms with Gasteiger partial charge >= 0.3 is 0 Å². The van der Waals surface area contributed by atoms with E-state index in [2.05, 4.69) is 10.3 Å². The summed E-state index contributed by atoms with van der Waals surface area (Å²) < 4.78 is 24.4. The largest absolute Gasteiger partial charge is 0.352 e. The van der Waals surface area contributed by atoms with Crippen LogP contribution in [0, 0.1) is 12.8 Å². The van der Waals surface area contributed by atoms with Crippen molar-refractivity contribution in [2.24, 2.45) is 5.92 Å². The van der Waals surface area contributed by atoms with Gasteiger partial charge in [-0.2, -0.15) is 0 Å². The number of amides is 1. The zero-order valence-electron chi connectivity index (χ0n) is 12.1. The second-order valence-electron chi connectivity index (χ2n) is 5.76. The fourth-order valence-corrected chi connectivity index (χ4v) is 5.41. The van der Waals surface area contributed by atoms with E-state index in [0.29, 0.717) is 29.4 Å². The van der Waals surface area contributed by atoms with Crippen molar-refractivity contribution in [1.29, 1.82) is 0 Å². The summed E-state index contributed by atoms with van der Waals surface area (Å²) >= 11 is 1.38. The molecule has 1 fully saturated rings. The molecule has 120 valence electrons. The van der Waals surface area contributed by atoms with E-state index in [1.54, 1.807) is 13.1 Å². The highest BCUT2D eigenvalue weighted by Crippen LogP contribution is 2.25. The van der Waals surface area contributed by atoms with Gasteiger partial charge in [0.1, 0.15) is 0 Å². The summed E-state index contributed by atoms with van der Waals surface area (Å²) in [5.41, 5.74) is 0.422. The Labute approximate surface area is 132 Å². The van der Waals surface area contributed by atoms with E-state index >= 15 is 0 Å². The van der Waals surface area contributed by atoms with Crippen LogP contribution in [0.5, 0.6) is 0 Å². The van der Waals surface area contributed by atoms with E-state index in [-0.39, 0.29) is 34.9 Å². The van der Waals surface area contributed by atoms with Gasteiger partial charge in [-0.1, -0.05) is 11.8 Å². The quantitative estimate of drug-likeness (QED) is 0.732. The molecule has 0 radical (unpaired) electrons. The lowest BCUT2D eigenvalue weighted by Gasteiger charge is -2.25. The zero-order valence-corrected chi connectivity index (χ0v) is 13.7. The minimum Gasteiger partial charge on any atom is -0.352 e. The lowest BCUT2D eigenvalue weighted by Crippen LogP contribution is -2.44. The van der Waals surface area contributed by atoms with Gasteiger partial charge in [-0.25, -0.2) is 13.4 Å². The number of nitrogens with zero attached hydrogens (tertiary/aromatic N) is 2. The first-order valence-electron chi connectivity index (χ1n) is 7.06. The fourth-order valence-electron chi connectivity index (χ4n) is 2.69. The number of rotatable bonds is 2. The summed E-state index contributed by atoms with van der Waals surface area (Å²) in [5.74, 6) is 0.148. The molecule has 1 saturated heterocycles. The lowest BCUT2D eigenvalue weighted by atomic mass is 10.1. The summed E-state index contributed by atoms with van der Waals surface area (Å²) in [5, 5.41) is 3.43. The molecule has 9 heteroatoms. The van der Waals surface area contributed by atoms with E-state index in [9.17, 15) is 18.0 Å². The van der Waals surface area contributed by atoms with Crippen LogP contribution in [-0.2, 0) is 21.2 Å². The topological polar surface area (TPSA) is 98.1 Å². The fraction of sp³-hybridized carbons (Fsp3) is 0.615. The Morgan fingerprint density at radius 2 is 2.27 bits per heavy atom. The number of fused-ring (bicyclic) bond motifs is 1. The number of aryl methyl sites for hydroxylation is 1. The smallest absolute Gasteiger partial charge is 0.257 e. The van der Waals surface area contributed by atoms with Gasteiger partial charge in [0, 0.05) is 30.1 Å². The van der Waals surface area contributed by atoms with Crippen LogP contribution in [0.15, 0.2) is 16.1 Å². The molecule has 1 aromatic rings. The van der Waals surface area contributed by atoms with Gasteiger partial charge in [0.15, 0.2) is 15.0 Å². The van der Waals surface area contributed by atoms with E-state index in [0.717, 1.165) is 0 Å². The zero-order chi connectivity index (χ0) is 15.9. The van der Waals surface area contributed by atoms with E-state index in [4.69, 9.17) is 0 Å². The normalized spacial score (nSPS) is 26.4. The number of aromatic nitrogens is 2. The molecule has 1 amide bonds. The van der Waals surface area contributed by atoms with Gasteiger partial charge in [0.05, 0.1) is 17.4 Å². The maximum Gasteiger partial charge on any atom is 0.257 e. The van der Waals surface area contributed by atoms with Crippen molar-refractivity contribution in [3.05, 3.63) is 22.1 Å². The molecule has 0 saturated carbocycles. The third kappa shape index (κ3) is 3.05. The van der Waals surface area contributed by atoms with Crippen LogP contribution in [0.3, 0.4) is 0 Å². The Bertz CT molecular complexity index is 772. The standard InChI is InChI=1S/C13H17N3O4S2/c1-8-4-14-13-16(12(8)18)5-9(6-21-13)11(17)15-10-2-3-22(19,20)7-10/h4,9-10H,2-3,5-7H2,1H3,(H,15,17). The van der Waals surface area contributed by atoms with Gasteiger partial charge in [-0.05, 0) is 13.3 Å². The molecule has 1 N–H and O–H groups in total. The molecule has 2 aliphatic rings. The van der Waals surface area contributed by atoms with Crippen LogP contribution in [0.1, 0.15) is 12.0 Å². The monoisotopic (exact) mass is 343 g/mol. The molecular formula is C13H17N3O4S2. The van der Waals surface area contributed by atoms with Gasteiger partial charge < -0.3 is 5.32 Å². The highest BCUT2D eigenvalue weighted by molar-refractivity contribution is 7.99. The number of hydrogen-bond donors (Lipinski definition) is 1. The second kappa shape index (κ2) is 5.69. The van der Waals surface area contributed by atoms with Gasteiger partial charge in [0.2, 0.25) is 5.91 Å². The first kappa shape index (κ1) is 15.5. The van der Waals surface area contributed by atoms with Crippen LogP contribution in [0.25, 0.3) is 0 Å². The number of sulfone groups is 1. The van der Waals surface area contributed by atoms with Crippen LogP contribution in [-0.4, -0.2) is 47.2 Å². The molecule has 0 spiro atoms. The van der Waals surface area contributed by atoms with E-state index in [1.165, 1.54) is 16.3 Å². The highest BCUT2D eigenvalue weighted by Gasteiger charge is 2.32. The van der Waals surface area contributed by atoms with Gasteiger partial charge in [-0.15, -0.1) is 0 Å². The van der Waals surface area contributed by atoms with Crippen molar-refractivity contribution in [3.63, 3.8) is 0 Å². The second-order valence-corrected chi connectivity index (χ2v) is 8.97. The third-order valence-corrected chi connectivity index (χ3v) is 6.87. The molecule has 1 aromatic heterocycles. The molecule has 0 bridgehead atoms. The Morgan fingerprint density at radius 1 is 1.50 bits per heavy atom. The Kier molecular flexibility index (Phi) is 4.02. The SMILES string of the molecule is Cc1cnc2n(c1=O)CC(C(=O)NC1CCS(=O)(=O)C1)CS2. The van der Waals surface area contributed by atoms with Crippen molar-refractivity contribution in [1.82, 2.24) is 14.9 Å². The van der Waals surface area contributed by atoms with Crippen molar-refractivity contribution in [2.45, 2.75) is 31.1 Å². The number of nitrogens with one attached hydrogen (secondary N) is 1. The van der Waals surface area contributed by atoms with Crippen molar-refractivity contribution >= 4 is 27.5 Å². The average molecular weight is 343 g/mol. The molecule has 0 aliphatic carbocycles. The molecule has 7 nitrogen and oxygen atoms in total. The first-order valence-corrected chi connectivity index (χ1v) is 9.86. The Hall–Kier alpha value is -1.35. The van der Waals surface area contributed by atoms with Crippen LogP contribution in [0.4, 0.5) is 0 Å². The number of carbonyl (C=O) groups is 1. The van der Waals surface area contributed by atoms with Crippen molar-refractivity contribution < 1.29 is 13.2 Å². The van der Waals surface area contributed by atoms with Gasteiger partial charge in [-0.3, -0.25) is 14.2 Å². The molecule has 2 unspecified atom stereocenters. The molecule has 22 heavy (non-hydrogen) atoms. The number of hydrogen-bond acceptors (Lipinski definition) is 6. The van der Waals surface area contributed by atoms with Crippen LogP contribution in [0.2, 0.25) is 0 Å². The number of thioether (sulfide) groups is 1. The van der Waals surface area contributed by atoms with Crippen LogP contribution >= 0.6 is 11.8 Å². The molecule has 2 atom stereocenters. The predicted molar refractivity (Wildman–Crippen MR) is 82.6 cm³/mol. The maximum absolute atomic E-state index is 12.3. The molecule has 3 heterocycles. The van der Waals surface area contributed by atoms with Crippen LogP contribution < -0.4 is 10.9 Å². The Morgan fingerprint density at radius 3 is 2.95 bits per heavy atom.